The molecule has 8 heteroatoms. The first-order valence-corrected chi connectivity index (χ1v) is 7.67. The van der Waals surface area contributed by atoms with Crippen molar-refractivity contribution in [2.45, 2.75) is 6.92 Å². The summed E-state index contributed by atoms with van der Waals surface area (Å²) in [6.07, 6.45) is 0. The third-order valence-corrected chi connectivity index (χ3v) is 3.73. The van der Waals surface area contributed by atoms with Crippen LogP contribution in [0.25, 0.3) is 22.1 Å². The van der Waals surface area contributed by atoms with Crippen molar-refractivity contribution in [2.24, 2.45) is 27.2 Å². The second-order valence-corrected chi connectivity index (χ2v) is 5.93. The van der Waals surface area contributed by atoms with Crippen LogP contribution in [0, 0.1) is 6.92 Å². The zero-order valence-electron chi connectivity index (χ0n) is 14.4. The smallest absolute Gasteiger partial charge is 0.223 e. The highest BCUT2D eigenvalue weighted by Crippen LogP contribution is 2.26. The van der Waals surface area contributed by atoms with Crippen LogP contribution in [-0.2, 0) is 0 Å². The van der Waals surface area contributed by atoms with Gasteiger partial charge in [0.2, 0.25) is 5.96 Å². The Bertz CT molecular complexity index is 1020. The van der Waals surface area contributed by atoms with Crippen molar-refractivity contribution in [3.63, 3.8) is 0 Å². The molecule has 0 aliphatic carbocycles. The van der Waals surface area contributed by atoms with Gasteiger partial charge in [-0.3, -0.25) is 0 Å². The maximum atomic E-state index is 5.72. The zero-order valence-corrected chi connectivity index (χ0v) is 14.4. The number of nitrogens with zero attached hydrogens (tertiary/aromatic N) is 5. The van der Waals surface area contributed by atoms with Crippen molar-refractivity contribution in [3.05, 3.63) is 35.9 Å². The van der Waals surface area contributed by atoms with E-state index in [2.05, 4.69) is 15.0 Å². The van der Waals surface area contributed by atoms with Crippen LogP contribution in [0.3, 0.4) is 0 Å². The standard InChI is InChI=1S/C17H20N8/c1-9-6-13-15(8-12(9)23-17(20)24-16(18)19)22-14-7-10(25(2)3)4-5-11(14)21-13/h4-8H,1-3H3,(H6,18,19,20,23,24). The van der Waals surface area contributed by atoms with Gasteiger partial charge in [-0.25, -0.2) is 15.0 Å². The first-order valence-electron chi connectivity index (χ1n) is 7.67. The van der Waals surface area contributed by atoms with Gasteiger partial charge in [-0.05, 0) is 42.8 Å². The normalized spacial score (nSPS) is 11.7. The SMILES string of the molecule is Cc1cc2nc3ccc(N(C)C)cc3nc2cc1N=C(N)N=C(N)N. The first kappa shape index (κ1) is 16.4. The Hall–Kier alpha value is -3.42. The van der Waals surface area contributed by atoms with Gasteiger partial charge in [0.15, 0.2) is 5.96 Å². The van der Waals surface area contributed by atoms with E-state index in [1.54, 1.807) is 0 Å². The Morgan fingerprint density at radius 2 is 1.56 bits per heavy atom. The van der Waals surface area contributed by atoms with Gasteiger partial charge in [-0.1, -0.05) is 0 Å². The van der Waals surface area contributed by atoms with Gasteiger partial charge in [0.1, 0.15) is 0 Å². The third-order valence-electron chi connectivity index (χ3n) is 3.73. The quantitative estimate of drug-likeness (QED) is 0.368. The summed E-state index contributed by atoms with van der Waals surface area (Å²) in [6, 6.07) is 9.73. The predicted octanol–water partition coefficient (Wildman–Crippen LogP) is 1.38. The Balaban J connectivity index is 2.17. The number of anilines is 1. The molecule has 1 aromatic heterocycles. The minimum Gasteiger partial charge on any atom is -0.378 e. The van der Waals surface area contributed by atoms with E-state index in [1.807, 2.05) is 56.3 Å². The van der Waals surface area contributed by atoms with Crippen LogP contribution in [0.2, 0.25) is 0 Å². The number of hydrogen-bond acceptors (Lipinski definition) is 4. The lowest BCUT2D eigenvalue weighted by atomic mass is 10.1. The Morgan fingerprint density at radius 3 is 2.24 bits per heavy atom. The predicted molar refractivity (Wildman–Crippen MR) is 103 cm³/mol. The molecule has 0 bridgehead atoms. The molecule has 0 aliphatic rings. The molecule has 0 unspecified atom stereocenters. The summed E-state index contributed by atoms with van der Waals surface area (Å²) in [5.74, 6) is -0.146. The summed E-state index contributed by atoms with van der Waals surface area (Å²) in [6.45, 7) is 1.92. The highest BCUT2D eigenvalue weighted by Gasteiger charge is 2.07. The van der Waals surface area contributed by atoms with E-state index >= 15 is 0 Å². The lowest BCUT2D eigenvalue weighted by Gasteiger charge is -2.13. The van der Waals surface area contributed by atoms with Gasteiger partial charge in [-0.15, -0.1) is 0 Å². The molecule has 0 saturated heterocycles. The number of aromatic nitrogens is 2. The summed E-state index contributed by atoms with van der Waals surface area (Å²) >= 11 is 0. The molecule has 6 N–H and O–H groups in total. The lowest BCUT2D eigenvalue weighted by molar-refractivity contribution is 1.13. The topological polar surface area (TPSA) is 132 Å². The second kappa shape index (κ2) is 6.23. The second-order valence-electron chi connectivity index (χ2n) is 5.93. The minimum absolute atomic E-state index is 0.00825. The molecule has 0 fully saturated rings. The molecule has 0 radical (unpaired) electrons. The summed E-state index contributed by atoms with van der Waals surface area (Å²) in [7, 11) is 3.97. The molecule has 3 rings (SSSR count). The number of rotatable bonds is 2. The van der Waals surface area contributed by atoms with Gasteiger partial charge in [0.05, 0.1) is 27.8 Å². The van der Waals surface area contributed by atoms with Gasteiger partial charge in [0.25, 0.3) is 0 Å². The number of benzene rings is 2. The maximum absolute atomic E-state index is 5.72. The molecule has 8 nitrogen and oxygen atoms in total. The van der Waals surface area contributed by atoms with Gasteiger partial charge >= 0.3 is 0 Å². The molecule has 0 atom stereocenters. The minimum atomic E-state index is -0.137. The number of aryl methyl sites for hydroxylation is 1. The Morgan fingerprint density at radius 1 is 0.920 bits per heavy atom. The average molecular weight is 336 g/mol. The molecule has 0 saturated carbocycles. The van der Waals surface area contributed by atoms with Crippen LogP contribution in [0.4, 0.5) is 11.4 Å². The highest BCUT2D eigenvalue weighted by molar-refractivity contribution is 5.95. The number of fused-ring (bicyclic) bond motifs is 2. The Labute approximate surface area is 145 Å². The van der Waals surface area contributed by atoms with Crippen LogP contribution in [0.5, 0.6) is 0 Å². The number of aliphatic imine (C=N–C) groups is 2. The molecule has 0 spiro atoms. The lowest BCUT2D eigenvalue weighted by Crippen LogP contribution is -2.26. The molecule has 2 aromatic carbocycles. The van der Waals surface area contributed by atoms with Gasteiger partial charge in [-0.2, -0.15) is 4.99 Å². The fourth-order valence-corrected chi connectivity index (χ4v) is 2.48. The fourth-order valence-electron chi connectivity index (χ4n) is 2.48. The van der Waals surface area contributed by atoms with E-state index in [0.717, 1.165) is 33.3 Å². The van der Waals surface area contributed by atoms with Crippen LogP contribution >= 0.6 is 0 Å². The third kappa shape index (κ3) is 3.42. The van der Waals surface area contributed by atoms with Crippen LogP contribution in [0.15, 0.2) is 40.3 Å². The first-order chi connectivity index (χ1) is 11.8. The Kier molecular flexibility index (Phi) is 4.10. The molecular weight excluding hydrogens is 316 g/mol. The van der Waals surface area contributed by atoms with E-state index in [0.29, 0.717) is 5.69 Å². The monoisotopic (exact) mass is 336 g/mol. The van der Waals surface area contributed by atoms with Gasteiger partial charge in [0, 0.05) is 19.8 Å². The molecule has 0 aliphatic heterocycles. The summed E-state index contributed by atoms with van der Waals surface area (Å²) in [5.41, 5.74) is 22.1. The van der Waals surface area contributed by atoms with E-state index in [9.17, 15) is 0 Å². The fraction of sp³-hybridized carbons (Fsp3) is 0.176. The van der Waals surface area contributed by atoms with Crippen molar-refractivity contribution >= 4 is 45.4 Å². The molecule has 3 aromatic rings. The van der Waals surface area contributed by atoms with E-state index in [1.165, 1.54) is 0 Å². The molecule has 128 valence electrons. The van der Waals surface area contributed by atoms with Crippen molar-refractivity contribution in [3.8, 4) is 0 Å². The van der Waals surface area contributed by atoms with E-state index in [-0.39, 0.29) is 11.9 Å². The summed E-state index contributed by atoms with van der Waals surface area (Å²) in [4.78, 5) is 19.4. The summed E-state index contributed by atoms with van der Waals surface area (Å²) < 4.78 is 0. The van der Waals surface area contributed by atoms with E-state index in [4.69, 9.17) is 22.2 Å². The van der Waals surface area contributed by atoms with Crippen LogP contribution in [0.1, 0.15) is 5.56 Å². The summed E-state index contributed by atoms with van der Waals surface area (Å²) in [5, 5.41) is 0. The van der Waals surface area contributed by atoms with Crippen molar-refractivity contribution in [1.82, 2.24) is 9.97 Å². The van der Waals surface area contributed by atoms with Crippen molar-refractivity contribution in [1.29, 1.82) is 0 Å². The van der Waals surface area contributed by atoms with Crippen molar-refractivity contribution < 1.29 is 0 Å². The van der Waals surface area contributed by atoms with Crippen LogP contribution in [-0.4, -0.2) is 36.0 Å². The largest absolute Gasteiger partial charge is 0.378 e. The molecule has 25 heavy (non-hydrogen) atoms. The van der Waals surface area contributed by atoms with Gasteiger partial charge < -0.3 is 22.1 Å². The highest BCUT2D eigenvalue weighted by atomic mass is 15.1. The molecule has 1 heterocycles. The average Bonchev–Trinajstić information content (AvgIpc) is 2.52. The number of hydrogen-bond donors (Lipinski definition) is 3. The zero-order chi connectivity index (χ0) is 18.1. The van der Waals surface area contributed by atoms with Crippen LogP contribution < -0.4 is 22.1 Å². The maximum Gasteiger partial charge on any atom is 0.223 e. The number of nitrogens with two attached hydrogens (primary N) is 3. The molecular formula is C17H20N8. The molecule has 0 amide bonds. The van der Waals surface area contributed by atoms with Crippen molar-refractivity contribution in [2.75, 3.05) is 19.0 Å². The van der Waals surface area contributed by atoms with E-state index < -0.39 is 0 Å². The number of guanidine groups is 2.